The fraction of sp³-hybridized carbons (Fsp3) is 0.438. The zero-order chi connectivity index (χ0) is 13.2. The first-order valence-electron chi connectivity index (χ1n) is 6.89. The summed E-state index contributed by atoms with van der Waals surface area (Å²) < 4.78 is 5.44. The molecule has 3 heteroatoms. The van der Waals surface area contributed by atoms with Crippen LogP contribution in [0.5, 0.6) is 0 Å². The third kappa shape index (κ3) is 2.50. The van der Waals surface area contributed by atoms with Crippen molar-refractivity contribution in [2.75, 3.05) is 0 Å². The van der Waals surface area contributed by atoms with E-state index in [1.807, 2.05) is 35.2 Å². The van der Waals surface area contributed by atoms with Crippen LogP contribution in [0, 0.1) is 0 Å². The van der Waals surface area contributed by atoms with Crippen LogP contribution in [0.15, 0.2) is 42.5 Å². The van der Waals surface area contributed by atoms with Gasteiger partial charge in [0, 0.05) is 12.1 Å². The van der Waals surface area contributed by atoms with Crippen molar-refractivity contribution in [1.29, 1.82) is 0 Å². The van der Waals surface area contributed by atoms with Crippen LogP contribution in [0.1, 0.15) is 31.2 Å². The van der Waals surface area contributed by atoms with Gasteiger partial charge in [0.05, 0.1) is 0 Å². The van der Waals surface area contributed by atoms with Crippen LogP contribution in [0.4, 0.5) is 4.79 Å². The van der Waals surface area contributed by atoms with E-state index < -0.39 is 0 Å². The standard InChI is InChI=1S/C16H19NO2/c1-12-9-14-7-8-15(10-12)17(14)16(18)19-11-13-5-3-2-4-6-13/h2-6,14-15H,1,7-11H2. The third-order valence-corrected chi connectivity index (χ3v) is 4.08. The summed E-state index contributed by atoms with van der Waals surface area (Å²) in [5.41, 5.74) is 2.31. The Morgan fingerprint density at radius 1 is 1.21 bits per heavy atom. The number of hydrogen-bond acceptors (Lipinski definition) is 2. The number of piperidine rings is 1. The highest BCUT2D eigenvalue weighted by Gasteiger charge is 2.41. The molecule has 1 aromatic carbocycles. The molecule has 19 heavy (non-hydrogen) atoms. The van der Waals surface area contributed by atoms with Crippen LogP contribution in [-0.4, -0.2) is 23.1 Å². The maximum atomic E-state index is 12.2. The fourth-order valence-corrected chi connectivity index (χ4v) is 3.20. The number of carbonyl (C=O) groups is 1. The van der Waals surface area contributed by atoms with Crippen LogP contribution in [0.3, 0.4) is 0 Å². The summed E-state index contributed by atoms with van der Waals surface area (Å²) in [4.78, 5) is 14.2. The predicted molar refractivity (Wildman–Crippen MR) is 73.7 cm³/mol. The topological polar surface area (TPSA) is 29.5 Å². The Labute approximate surface area is 113 Å². The number of nitrogens with zero attached hydrogens (tertiary/aromatic N) is 1. The molecule has 100 valence electrons. The number of carbonyl (C=O) groups excluding carboxylic acids is 1. The van der Waals surface area contributed by atoms with Crippen LogP contribution >= 0.6 is 0 Å². The minimum absolute atomic E-state index is 0.163. The van der Waals surface area contributed by atoms with E-state index in [1.165, 1.54) is 5.57 Å². The molecule has 1 aromatic rings. The number of rotatable bonds is 2. The summed E-state index contributed by atoms with van der Waals surface area (Å²) in [5.74, 6) is 0. The molecule has 2 fully saturated rings. The van der Waals surface area contributed by atoms with E-state index in [9.17, 15) is 4.79 Å². The van der Waals surface area contributed by atoms with Gasteiger partial charge in [-0.3, -0.25) is 0 Å². The van der Waals surface area contributed by atoms with E-state index in [0.29, 0.717) is 18.7 Å². The van der Waals surface area contributed by atoms with Gasteiger partial charge in [-0.15, -0.1) is 0 Å². The van der Waals surface area contributed by atoms with Crippen LogP contribution in [0.2, 0.25) is 0 Å². The lowest BCUT2D eigenvalue weighted by Crippen LogP contribution is -2.44. The molecule has 2 atom stereocenters. The molecule has 1 amide bonds. The molecule has 3 nitrogen and oxygen atoms in total. The van der Waals surface area contributed by atoms with E-state index in [-0.39, 0.29) is 6.09 Å². The van der Waals surface area contributed by atoms with Gasteiger partial charge in [0.15, 0.2) is 0 Å². The van der Waals surface area contributed by atoms with Crippen molar-refractivity contribution >= 4 is 6.09 Å². The van der Waals surface area contributed by atoms with E-state index in [4.69, 9.17) is 4.74 Å². The van der Waals surface area contributed by atoms with Gasteiger partial charge in [-0.05, 0) is 31.2 Å². The number of fused-ring (bicyclic) bond motifs is 2. The molecular weight excluding hydrogens is 238 g/mol. The lowest BCUT2D eigenvalue weighted by Gasteiger charge is -2.34. The van der Waals surface area contributed by atoms with Crippen LogP contribution in [-0.2, 0) is 11.3 Å². The van der Waals surface area contributed by atoms with Crippen molar-refractivity contribution < 1.29 is 9.53 Å². The molecule has 2 heterocycles. The van der Waals surface area contributed by atoms with E-state index in [0.717, 1.165) is 31.2 Å². The second kappa shape index (κ2) is 5.08. The molecule has 2 aliphatic heterocycles. The van der Waals surface area contributed by atoms with E-state index >= 15 is 0 Å². The van der Waals surface area contributed by atoms with Crippen molar-refractivity contribution in [3.63, 3.8) is 0 Å². The van der Waals surface area contributed by atoms with E-state index in [1.54, 1.807) is 0 Å². The highest BCUT2D eigenvalue weighted by molar-refractivity contribution is 5.69. The Morgan fingerprint density at radius 2 is 1.84 bits per heavy atom. The average Bonchev–Trinajstić information content (AvgIpc) is 2.70. The highest BCUT2D eigenvalue weighted by atomic mass is 16.6. The van der Waals surface area contributed by atoms with Gasteiger partial charge in [-0.25, -0.2) is 4.79 Å². The first-order valence-corrected chi connectivity index (χ1v) is 6.89. The highest BCUT2D eigenvalue weighted by Crippen LogP contribution is 2.38. The molecule has 0 aromatic heterocycles. The van der Waals surface area contributed by atoms with Crippen molar-refractivity contribution in [3.05, 3.63) is 48.0 Å². The summed E-state index contributed by atoms with van der Waals surface area (Å²) in [6.45, 7) is 4.42. The van der Waals surface area contributed by atoms with Gasteiger partial charge in [0.2, 0.25) is 0 Å². The first kappa shape index (κ1) is 12.3. The lowest BCUT2D eigenvalue weighted by molar-refractivity contribution is 0.0722. The molecular formula is C16H19NO2. The van der Waals surface area contributed by atoms with Crippen molar-refractivity contribution in [3.8, 4) is 0 Å². The second-order valence-corrected chi connectivity index (χ2v) is 5.49. The molecule has 2 saturated heterocycles. The predicted octanol–water partition coefficient (Wildman–Crippen LogP) is 3.51. The van der Waals surface area contributed by atoms with Gasteiger partial charge in [0.25, 0.3) is 0 Å². The Balaban J connectivity index is 1.61. The Morgan fingerprint density at radius 3 is 2.47 bits per heavy atom. The molecule has 0 N–H and O–H groups in total. The first-order chi connectivity index (χ1) is 9.24. The SMILES string of the molecule is C=C1CC2CCC(C1)N2C(=O)OCc1ccccc1. The molecule has 3 rings (SSSR count). The molecule has 2 aliphatic rings. The van der Waals surface area contributed by atoms with Gasteiger partial charge < -0.3 is 9.64 Å². The zero-order valence-electron chi connectivity index (χ0n) is 11.0. The number of amides is 1. The molecule has 0 spiro atoms. The van der Waals surface area contributed by atoms with Crippen LogP contribution < -0.4 is 0 Å². The van der Waals surface area contributed by atoms with Crippen molar-refractivity contribution in [2.24, 2.45) is 0 Å². The minimum Gasteiger partial charge on any atom is -0.445 e. The average molecular weight is 257 g/mol. The lowest BCUT2D eigenvalue weighted by atomic mass is 9.99. The largest absolute Gasteiger partial charge is 0.445 e. The summed E-state index contributed by atoms with van der Waals surface area (Å²) in [7, 11) is 0. The van der Waals surface area contributed by atoms with Crippen molar-refractivity contribution in [2.45, 2.75) is 44.4 Å². The normalized spacial score (nSPS) is 25.5. The van der Waals surface area contributed by atoms with Gasteiger partial charge in [-0.2, -0.15) is 0 Å². The second-order valence-electron chi connectivity index (χ2n) is 5.49. The summed E-state index contributed by atoms with van der Waals surface area (Å²) >= 11 is 0. The van der Waals surface area contributed by atoms with E-state index in [2.05, 4.69) is 6.58 Å². The molecule has 2 unspecified atom stereocenters. The maximum Gasteiger partial charge on any atom is 0.410 e. The molecule has 0 aliphatic carbocycles. The Kier molecular flexibility index (Phi) is 3.28. The Hall–Kier alpha value is -1.77. The van der Waals surface area contributed by atoms with Gasteiger partial charge >= 0.3 is 6.09 Å². The quantitative estimate of drug-likeness (QED) is 0.759. The number of benzene rings is 1. The number of hydrogen-bond donors (Lipinski definition) is 0. The summed E-state index contributed by atoms with van der Waals surface area (Å²) in [6, 6.07) is 10.4. The molecule has 2 bridgehead atoms. The number of ether oxygens (including phenoxy) is 1. The molecule has 0 radical (unpaired) electrons. The Bertz CT molecular complexity index is 467. The maximum absolute atomic E-state index is 12.2. The third-order valence-electron chi connectivity index (χ3n) is 4.08. The van der Waals surface area contributed by atoms with Gasteiger partial charge in [0.1, 0.15) is 6.61 Å². The van der Waals surface area contributed by atoms with Crippen LogP contribution in [0.25, 0.3) is 0 Å². The zero-order valence-corrected chi connectivity index (χ0v) is 11.0. The van der Waals surface area contributed by atoms with Gasteiger partial charge in [-0.1, -0.05) is 42.5 Å². The van der Waals surface area contributed by atoms with Crippen molar-refractivity contribution in [1.82, 2.24) is 4.90 Å². The summed E-state index contributed by atoms with van der Waals surface area (Å²) in [5, 5.41) is 0. The molecule has 0 saturated carbocycles. The smallest absolute Gasteiger partial charge is 0.410 e. The fourth-order valence-electron chi connectivity index (χ4n) is 3.20. The summed E-state index contributed by atoms with van der Waals surface area (Å²) in [6.07, 6.45) is 3.89. The minimum atomic E-state index is -0.163. The monoisotopic (exact) mass is 257 g/mol.